The minimum Gasteiger partial charge on any atom is -0.465 e. The molecule has 0 heterocycles. The van der Waals surface area contributed by atoms with Crippen LogP contribution in [0.1, 0.15) is 15.9 Å². The van der Waals surface area contributed by atoms with Gasteiger partial charge in [-0.25, -0.2) is 4.79 Å². The quantitative estimate of drug-likeness (QED) is 0.476. The smallest absolute Gasteiger partial charge is 0.337 e. The first-order chi connectivity index (χ1) is 6.27. The van der Waals surface area contributed by atoms with Crippen molar-refractivity contribution >= 4 is 28.4 Å². The normalized spacial score (nSPS) is 9.69. The van der Waals surface area contributed by atoms with Crippen molar-refractivity contribution in [2.75, 3.05) is 7.11 Å². The summed E-state index contributed by atoms with van der Waals surface area (Å²) in [7, 11) is 2.83. The van der Waals surface area contributed by atoms with E-state index in [2.05, 4.69) is 16.4 Å². The van der Waals surface area contributed by atoms with Gasteiger partial charge in [-0.1, -0.05) is 22.9 Å². The van der Waals surface area contributed by atoms with Crippen molar-refractivity contribution in [3.05, 3.63) is 35.4 Å². The molecule has 0 aliphatic rings. The third-order valence-electron chi connectivity index (χ3n) is 1.61. The molecule has 0 N–H and O–H groups in total. The van der Waals surface area contributed by atoms with Crippen molar-refractivity contribution in [2.45, 2.75) is 5.75 Å². The number of ether oxygens (including phenoxy) is 1. The van der Waals surface area contributed by atoms with E-state index in [1.165, 1.54) is 17.9 Å². The number of thiol groups is 1. The Morgan fingerprint density at radius 3 is 2.54 bits per heavy atom. The van der Waals surface area contributed by atoms with Gasteiger partial charge in [0, 0.05) is 5.75 Å². The maximum atomic E-state index is 11.0. The molecular weight excluding hydrogens is 204 g/mol. The molecule has 0 unspecified atom stereocenters. The number of carbonyl (C=O) groups is 1. The van der Waals surface area contributed by atoms with Gasteiger partial charge < -0.3 is 4.74 Å². The van der Waals surface area contributed by atoms with E-state index in [4.69, 9.17) is 0 Å². The van der Waals surface area contributed by atoms with Gasteiger partial charge in [-0.15, -0.1) is 11.7 Å². The zero-order valence-corrected chi connectivity index (χ0v) is 8.90. The maximum Gasteiger partial charge on any atom is 0.337 e. The monoisotopic (exact) mass is 214 g/mol. The van der Waals surface area contributed by atoms with Gasteiger partial charge in [0.1, 0.15) is 0 Å². The summed E-state index contributed by atoms with van der Waals surface area (Å²) in [5.74, 6) is 0.537. The zero-order chi connectivity index (χ0) is 9.68. The Labute approximate surface area is 86.5 Å². The van der Waals surface area contributed by atoms with Crippen molar-refractivity contribution in [1.29, 1.82) is 0 Å². The van der Waals surface area contributed by atoms with Gasteiger partial charge in [0.05, 0.1) is 12.7 Å². The average molecular weight is 214 g/mol. The van der Waals surface area contributed by atoms with Gasteiger partial charge in [-0.05, 0) is 17.7 Å². The Bertz CT molecular complexity index is 282. The van der Waals surface area contributed by atoms with E-state index in [0.717, 1.165) is 11.3 Å². The Hall–Kier alpha value is -0.610. The minimum absolute atomic E-state index is 0.301. The molecule has 0 spiro atoms. The molecule has 0 atom stereocenters. The Kier molecular flexibility index (Phi) is 4.18. The highest BCUT2D eigenvalue weighted by atomic mass is 33.1. The Morgan fingerprint density at radius 2 is 2.08 bits per heavy atom. The Balaban J connectivity index is 2.75. The molecule has 0 saturated heterocycles. The van der Waals surface area contributed by atoms with Crippen LogP contribution in [-0.4, -0.2) is 13.1 Å². The fourth-order valence-electron chi connectivity index (χ4n) is 0.929. The van der Waals surface area contributed by atoms with Crippen LogP contribution in [0.2, 0.25) is 0 Å². The van der Waals surface area contributed by atoms with E-state index in [-0.39, 0.29) is 5.97 Å². The SMILES string of the molecule is COC(=O)c1ccc(CSS)cc1. The molecular formula is C9H10O2S2. The van der Waals surface area contributed by atoms with Crippen LogP contribution in [0.15, 0.2) is 24.3 Å². The van der Waals surface area contributed by atoms with Gasteiger partial charge in [-0.2, -0.15) is 0 Å². The summed E-state index contributed by atoms with van der Waals surface area (Å²) in [4.78, 5) is 11.0. The largest absolute Gasteiger partial charge is 0.465 e. The number of methoxy groups -OCH3 is 1. The second-order valence-corrected chi connectivity index (χ2v) is 3.78. The summed E-state index contributed by atoms with van der Waals surface area (Å²) < 4.78 is 4.58. The van der Waals surface area contributed by atoms with E-state index in [0.29, 0.717) is 5.56 Å². The highest BCUT2D eigenvalue weighted by molar-refractivity contribution is 8.68. The van der Waals surface area contributed by atoms with Crippen LogP contribution in [0.25, 0.3) is 0 Å². The third-order valence-corrected chi connectivity index (χ3v) is 2.46. The topological polar surface area (TPSA) is 26.3 Å². The molecule has 2 nitrogen and oxygen atoms in total. The second-order valence-electron chi connectivity index (χ2n) is 2.46. The average Bonchev–Trinajstić information content (AvgIpc) is 2.18. The van der Waals surface area contributed by atoms with Crippen LogP contribution < -0.4 is 0 Å². The number of benzene rings is 1. The molecule has 0 bridgehead atoms. The van der Waals surface area contributed by atoms with Crippen LogP contribution in [0.5, 0.6) is 0 Å². The fraction of sp³-hybridized carbons (Fsp3) is 0.222. The highest BCUT2D eigenvalue weighted by Gasteiger charge is 2.03. The summed E-state index contributed by atoms with van der Waals surface area (Å²) in [6.45, 7) is 0. The molecule has 0 aromatic heterocycles. The number of hydrogen-bond donors (Lipinski definition) is 1. The van der Waals surface area contributed by atoms with Gasteiger partial charge in [0.25, 0.3) is 0 Å². The summed E-state index contributed by atoms with van der Waals surface area (Å²) in [6, 6.07) is 7.31. The molecule has 0 aliphatic heterocycles. The predicted molar refractivity (Wildman–Crippen MR) is 58.1 cm³/mol. The third kappa shape index (κ3) is 2.97. The lowest BCUT2D eigenvalue weighted by Crippen LogP contribution is -2.00. The predicted octanol–water partition coefficient (Wildman–Crippen LogP) is 2.55. The molecule has 1 rings (SSSR count). The van der Waals surface area contributed by atoms with Crippen LogP contribution >= 0.6 is 22.5 Å². The van der Waals surface area contributed by atoms with Gasteiger partial charge >= 0.3 is 5.97 Å². The van der Waals surface area contributed by atoms with Crippen LogP contribution in [0, 0.1) is 0 Å². The number of rotatable bonds is 3. The molecule has 4 heteroatoms. The molecule has 1 aromatic carbocycles. The van der Waals surface area contributed by atoms with Crippen molar-refractivity contribution in [3.8, 4) is 0 Å². The van der Waals surface area contributed by atoms with Crippen molar-refractivity contribution < 1.29 is 9.53 Å². The first-order valence-corrected chi connectivity index (χ1v) is 5.75. The van der Waals surface area contributed by atoms with Gasteiger partial charge in [0.2, 0.25) is 0 Å². The van der Waals surface area contributed by atoms with E-state index in [1.54, 1.807) is 12.1 Å². The molecule has 0 radical (unpaired) electrons. The van der Waals surface area contributed by atoms with E-state index in [1.807, 2.05) is 12.1 Å². The zero-order valence-electron chi connectivity index (χ0n) is 7.19. The van der Waals surface area contributed by atoms with Crippen molar-refractivity contribution in [1.82, 2.24) is 0 Å². The highest BCUT2D eigenvalue weighted by Crippen LogP contribution is 2.15. The van der Waals surface area contributed by atoms with Crippen LogP contribution in [-0.2, 0) is 10.5 Å². The molecule has 0 saturated carbocycles. The lowest BCUT2D eigenvalue weighted by molar-refractivity contribution is 0.0601. The molecule has 1 aromatic rings. The molecule has 13 heavy (non-hydrogen) atoms. The summed E-state index contributed by atoms with van der Waals surface area (Å²) in [5.41, 5.74) is 1.73. The summed E-state index contributed by atoms with van der Waals surface area (Å²) in [5, 5.41) is 0. The fourth-order valence-corrected chi connectivity index (χ4v) is 1.72. The minimum atomic E-state index is -0.301. The number of esters is 1. The van der Waals surface area contributed by atoms with Gasteiger partial charge in [-0.3, -0.25) is 0 Å². The van der Waals surface area contributed by atoms with Crippen LogP contribution in [0.3, 0.4) is 0 Å². The Morgan fingerprint density at radius 1 is 1.46 bits per heavy atom. The van der Waals surface area contributed by atoms with E-state index in [9.17, 15) is 4.79 Å². The molecule has 70 valence electrons. The second kappa shape index (κ2) is 5.19. The van der Waals surface area contributed by atoms with Crippen molar-refractivity contribution in [2.24, 2.45) is 0 Å². The molecule has 0 fully saturated rings. The lowest BCUT2D eigenvalue weighted by Gasteiger charge is -2.00. The maximum absolute atomic E-state index is 11.0. The van der Waals surface area contributed by atoms with E-state index >= 15 is 0 Å². The number of hydrogen-bond acceptors (Lipinski definition) is 4. The van der Waals surface area contributed by atoms with E-state index < -0.39 is 0 Å². The lowest BCUT2D eigenvalue weighted by atomic mass is 10.1. The molecule has 0 amide bonds. The first kappa shape index (κ1) is 10.5. The summed E-state index contributed by atoms with van der Waals surface area (Å²) in [6.07, 6.45) is 0. The number of carbonyl (C=O) groups excluding carboxylic acids is 1. The summed E-state index contributed by atoms with van der Waals surface area (Å²) >= 11 is 4.04. The standard InChI is InChI=1S/C9H10O2S2/c1-11-9(10)8-4-2-7(3-5-8)6-13-12/h2-5,12H,6H2,1H3. The molecule has 0 aliphatic carbocycles. The van der Waals surface area contributed by atoms with Gasteiger partial charge in [0.15, 0.2) is 0 Å². The van der Waals surface area contributed by atoms with Crippen LogP contribution in [0.4, 0.5) is 0 Å². The first-order valence-electron chi connectivity index (χ1n) is 3.71. The van der Waals surface area contributed by atoms with Crippen molar-refractivity contribution in [3.63, 3.8) is 0 Å².